The van der Waals surface area contributed by atoms with E-state index in [0.29, 0.717) is 22.3 Å². The average molecular weight is 419 g/mol. The van der Waals surface area contributed by atoms with E-state index in [2.05, 4.69) is 27.7 Å². The summed E-state index contributed by atoms with van der Waals surface area (Å²) in [4.78, 5) is 11.7. The van der Waals surface area contributed by atoms with Crippen molar-refractivity contribution >= 4 is 5.97 Å². The molecule has 5 nitrogen and oxygen atoms in total. The highest BCUT2D eigenvalue weighted by molar-refractivity contribution is 5.85. The van der Waals surface area contributed by atoms with Crippen molar-refractivity contribution in [1.29, 1.82) is 0 Å². The van der Waals surface area contributed by atoms with Gasteiger partial charge in [-0.15, -0.1) is 0 Å². The molecule has 0 aromatic heterocycles. The molecule has 168 valence electrons. The fraction of sp³-hybridized carbons (Fsp3) is 0.880. The fourth-order valence-corrected chi connectivity index (χ4v) is 9.20. The Morgan fingerprint density at radius 3 is 2.37 bits per heavy atom. The number of fused-ring (bicyclic) bond motifs is 5. The summed E-state index contributed by atoms with van der Waals surface area (Å²) in [6.45, 7) is 9.94. The Bertz CT molecular complexity index is 774. The third-order valence-corrected chi connectivity index (χ3v) is 10.4. The molecule has 3 saturated carbocycles. The van der Waals surface area contributed by atoms with Gasteiger partial charge in [-0.1, -0.05) is 34.1 Å². The number of hydrogen-bond donors (Lipinski definition) is 2. The summed E-state index contributed by atoms with van der Waals surface area (Å²) >= 11 is 0. The summed E-state index contributed by atoms with van der Waals surface area (Å²) in [6.07, 6.45) is 8.85. The molecule has 2 aliphatic heterocycles. The Kier molecular flexibility index (Phi) is 4.58. The van der Waals surface area contributed by atoms with Gasteiger partial charge >= 0.3 is 5.97 Å². The Labute approximate surface area is 180 Å². The maximum absolute atomic E-state index is 11.7. The summed E-state index contributed by atoms with van der Waals surface area (Å²) in [6, 6.07) is 0. The van der Waals surface area contributed by atoms with E-state index >= 15 is 0 Å². The van der Waals surface area contributed by atoms with Crippen LogP contribution in [0.2, 0.25) is 0 Å². The van der Waals surface area contributed by atoms with Crippen LogP contribution < -0.4 is 0 Å². The van der Waals surface area contributed by atoms with E-state index in [1.165, 1.54) is 38.2 Å². The van der Waals surface area contributed by atoms with Crippen molar-refractivity contribution in [2.75, 3.05) is 6.61 Å². The lowest BCUT2D eigenvalue weighted by molar-refractivity contribution is -0.212. The molecule has 5 heteroatoms. The first kappa shape index (κ1) is 21.0. The molecule has 5 aliphatic rings. The van der Waals surface area contributed by atoms with Crippen LogP contribution in [0.5, 0.6) is 0 Å². The molecule has 0 bridgehead atoms. The van der Waals surface area contributed by atoms with E-state index in [1.54, 1.807) is 0 Å². The molecular weight excluding hydrogens is 380 g/mol. The summed E-state index contributed by atoms with van der Waals surface area (Å²) < 4.78 is 11.4. The van der Waals surface area contributed by atoms with Gasteiger partial charge in [0.2, 0.25) is 6.29 Å². The minimum atomic E-state index is -1.21. The van der Waals surface area contributed by atoms with Crippen molar-refractivity contribution in [2.45, 2.75) is 97.1 Å². The predicted octanol–water partition coefficient (Wildman–Crippen LogP) is 3.97. The normalized spacial score (nSPS) is 52.1. The van der Waals surface area contributed by atoms with Crippen molar-refractivity contribution in [1.82, 2.24) is 0 Å². The smallest absolute Gasteiger partial charge is 0.333 e. The highest BCUT2D eigenvalue weighted by atomic mass is 16.6. The molecule has 0 aromatic carbocycles. The van der Waals surface area contributed by atoms with Crippen molar-refractivity contribution in [3.05, 3.63) is 11.6 Å². The van der Waals surface area contributed by atoms with Crippen LogP contribution in [-0.4, -0.2) is 40.8 Å². The second-order valence-corrected chi connectivity index (χ2v) is 12.1. The Morgan fingerprint density at radius 2 is 1.70 bits per heavy atom. The van der Waals surface area contributed by atoms with Crippen molar-refractivity contribution < 1.29 is 24.5 Å². The topological polar surface area (TPSA) is 76.0 Å². The van der Waals surface area contributed by atoms with Crippen LogP contribution >= 0.6 is 0 Å². The first-order chi connectivity index (χ1) is 14.1. The first-order valence-electron chi connectivity index (χ1n) is 11.9. The number of ether oxygens (including phenoxy) is 2. The molecule has 4 fully saturated rings. The minimum Gasteiger partial charge on any atom is -0.429 e. The van der Waals surface area contributed by atoms with Crippen LogP contribution in [0.1, 0.15) is 79.1 Å². The number of hydrogen-bond acceptors (Lipinski definition) is 5. The predicted molar refractivity (Wildman–Crippen MR) is 112 cm³/mol. The minimum absolute atomic E-state index is 0.000289. The van der Waals surface area contributed by atoms with Gasteiger partial charge in [-0.2, -0.15) is 0 Å². The van der Waals surface area contributed by atoms with Gasteiger partial charge in [-0.3, -0.25) is 0 Å². The zero-order valence-electron chi connectivity index (χ0n) is 18.9. The Morgan fingerprint density at radius 1 is 1.00 bits per heavy atom. The standard InChI is InChI=1S/C25H38O5/c1-22(2)8-5-9-23(3)17(22)6-10-24(4)18(23)7-11-25(14-26)19(24)13-16(30-25)15-12-20(27)29-21(15)28/h12,16-19,21,26,28H,5-11,13-14H2,1-4H3/t16-,17+,18-,19+,21+,23+,24-,25-/m1/s1. The highest BCUT2D eigenvalue weighted by Gasteiger charge is 2.67. The largest absolute Gasteiger partial charge is 0.429 e. The number of rotatable bonds is 2. The number of aliphatic hydroxyl groups is 2. The molecule has 5 rings (SSSR count). The summed E-state index contributed by atoms with van der Waals surface area (Å²) in [5, 5.41) is 20.7. The van der Waals surface area contributed by atoms with Gasteiger partial charge < -0.3 is 19.7 Å². The highest BCUT2D eigenvalue weighted by Crippen LogP contribution is 2.71. The average Bonchev–Trinajstić information content (AvgIpc) is 3.21. The monoisotopic (exact) mass is 418 g/mol. The van der Waals surface area contributed by atoms with Crippen LogP contribution in [0, 0.1) is 34.0 Å². The van der Waals surface area contributed by atoms with E-state index in [-0.39, 0.29) is 24.0 Å². The molecule has 3 aliphatic carbocycles. The third kappa shape index (κ3) is 2.67. The van der Waals surface area contributed by atoms with Crippen LogP contribution in [0.3, 0.4) is 0 Å². The third-order valence-electron chi connectivity index (χ3n) is 10.4. The zero-order chi connectivity index (χ0) is 21.5. The fourth-order valence-electron chi connectivity index (χ4n) is 9.20. The zero-order valence-corrected chi connectivity index (χ0v) is 18.9. The molecule has 30 heavy (non-hydrogen) atoms. The number of aliphatic hydroxyl groups excluding tert-OH is 2. The molecule has 0 unspecified atom stereocenters. The van der Waals surface area contributed by atoms with Gasteiger partial charge in [0.15, 0.2) is 0 Å². The lowest BCUT2D eigenvalue weighted by Crippen LogP contribution is -2.62. The molecule has 0 radical (unpaired) electrons. The van der Waals surface area contributed by atoms with Crippen molar-refractivity contribution in [2.24, 2.45) is 34.0 Å². The summed E-state index contributed by atoms with van der Waals surface area (Å²) in [7, 11) is 0. The number of carbonyl (C=O) groups is 1. The van der Waals surface area contributed by atoms with Crippen molar-refractivity contribution in [3.63, 3.8) is 0 Å². The van der Waals surface area contributed by atoms with E-state index in [0.717, 1.165) is 25.2 Å². The van der Waals surface area contributed by atoms with E-state index in [9.17, 15) is 15.0 Å². The van der Waals surface area contributed by atoms with Gasteiger partial charge in [0.1, 0.15) is 0 Å². The number of carbonyl (C=O) groups excluding carboxylic acids is 1. The number of esters is 1. The molecule has 2 N–H and O–H groups in total. The van der Waals surface area contributed by atoms with Gasteiger partial charge in [-0.25, -0.2) is 4.79 Å². The molecule has 0 spiro atoms. The summed E-state index contributed by atoms with van der Waals surface area (Å²) in [5.41, 5.74) is 0.782. The van der Waals surface area contributed by atoms with Gasteiger partial charge in [0, 0.05) is 11.6 Å². The molecule has 0 amide bonds. The van der Waals surface area contributed by atoms with Gasteiger partial charge in [-0.05, 0) is 78.9 Å². The lowest BCUT2D eigenvalue weighted by atomic mass is 9.38. The quantitative estimate of drug-likeness (QED) is 0.664. The second-order valence-electron chi connectivity index (χ2n) is 12.1. The Hall–Kier alpha value is -0.910. The molecule has 8 atom stereocenters. The maximum atomic E-state index is 11.7. The maximum Gasteiger partial charge on any atom is 0.333 e. The van der Waals surface area contributed by atoms with Crippen LogP contribution in [0.15, 0.2) is 11.6 Å². The molecule has 0 aromatic rings. The first-order valence-corrected chi connectivity index (χ1v) is 11.9. The van der Waals surface area contributed by atoms with Crippen LogP contribution in [0.4, 0.5) is 0 Å². The number of cyclic esters (lactones) is 1. The van der Waals surface area contributed by atoms with E-state index < -0.39 is 17.9 Å². The summed E-state index contributed by atoms with van der Waals surface area (Å²) in [5.74, 6) is 1.10. The molecular formula is C25H38O5. The van der Waals surface area contributed by atoms with Crippen LogP contribution in [-0.2, 0) is 14.3 Å². The van der Waals surface area contributed by atoms with E-state index in [1.807, 2.05) is 0 Å². The molecule has 2 heterocycles. The molecule has 1 saturated heterocycles. The lowest BCUT2D eigenvalue weighted by Gasteiger charge is -2.67. The SMILES string of the molecule is CC1(C)CCC[C@]2(C)[C@H]3CC[C@]4(CO)O[C@@H](C5=CC(=O)O[C@@H]5O)C[C@H]4[C@]3(C)CC[C@@H]12. The van der Waals surface area contributed by atoms with E-state index in [4.69, 9.17) is 9.47 Å². The van der Waals surface area contributed by atoms with Gasteiger partial charge in [0.05, 0.1) is 18.3 Å². The Balaban J connectivity index is 1.50. The second kappa shape index (κ2) is 6.55. The van der Waals surface area contributed by atoms with Crippen molar-refractivity contribution in [3.8, 4) is 0 Å². The van der Waals surface area contributed by atoms with Crippen LogP contribution in [0.25, 0.3) is 0 Å². The van der Waals surface area contributed by atoms with Gasteiger partial charge in [0.25, 0.3) is 0 Å².